The maximum absolute atomic E-state index is 9.90. The van der Waals surface area contributed by atoms with Crippen LogP contribution in [-0.2, 0) is 6.42 Å². The molecule has 1 aliphatic rings. The Balaban J connectivity index is 1.34. The molecule has 1 heterocycles. The molecule has 0 aliphatic heterocycles. The smallest absolute Gasteiger partial charge is 0.159 e. The summed E-state index contributed by atoms with van der Waals surface area (Å²) in [6.45, 7) is 5.26. The van der Waals surface area contributed by atoms with Gasteiger partial charge in [-0.3, -0.25) is 0 Å². The van der Waals surface area contributed by atoms with Gasteiger partial charge in [0, 0.05) is 18.0 Å². The van der Waals surface area contributed by atoms with Crippen LogP contribution in [0.2, 0.25) is 0 Å². The van der Waals surface area contributed by atoms with Crippen LogP contribution >= 0.6 is 0 Å². The number of aryl methyl sites for hydroxylation is 1. The number of aromatic nitrogens is 2. The molecule has 1 fully saturated rings. The lowest BCUT2D eigenvalue weighted by atomic mass is 9.69. The van der Waals surface area contributed by atoms with Crippen LogP contribution in [0, 0.1) is 22.7 Å². The zero-order valence-corrected chi connectivity index (χ0v) is 24.9. The van der Waals surface area contributed by atoms with E-state index in [1.807, 2.05) is 24.5 Å². The van der Waals surface area contributed by atoms with E-state index in [0.29, 0.717) is 5.92 Å². The average molecular weight is 532 g/mol. The van der Waals surface area contributed by atoms with Crippen LogP contribution < -0.4 is 4.74 Å². The van der Waals surface area contributed by atoms with Crippen molar-refractivity contribution in [1.82, 2.24) is 9.97 Å². The molecule has 0 unspecified atom stereocenters. The summed E-state index contributed by atoms with van der Waals surface area (Å²) >= 11 is 0. The number of ether oxygens (including phenoxy) is 1. The number of nitriles is 1. The number of hydrogen-bond donors (Lipinski definition) is 0. The van der Waals surface area contributed by atoms with Crippen LogP contribution in [0.4, 0.5) is 0 Å². The predicted octanol–water partition coefficient (Wildman–Crippen LogP) is 10.3. The van der Waals surface area contributed by atoms with Crippen molar-refractivity contribution >= 4 is 0 Å². The second-order valence-electron chi connectivity index (χ2n) is 12.0. The Morgan fingerprint density at radius 2 is 1.36 bits per heavy atom. The normalized spacial score (nSPS) is 19.1. The highest BCUT2D eigenvalue weighted by molar-refractivity contribution is 5.55. The van der Waals surface area contributed by atoms with Crippen molar-refractivity contribution in [3.05, 3.63) is 42.2 Å². The molecule has 39 heavy (non-hydrogen) atoms. The summed E-state index contributed by atoms with van der Waals surface area (Å²) in [4.78, 5) is 9.24. The van der Waals surface area contributed by atoms with Gasteiger partial charge in [0.05, 0.1) is 18.1 Å². The van der Waals surface area contributed by atoms with E-state index in [4.69, 9.17) is 4.74 Å². The van der Waals surface area contributed by atoms with Crippen LogP contribution in [0.5, 0.6) is 5.75 Å². The first-order valence-electron chi connectivity index (χ1n) is 16.1. The molecule has 0 radical (unpaired) electrons. The molecule has 4 nitrogen and oxygen atoms in total. The monoisotopic (exact) mass is 531 g/mol. The molecular weight excluding hydrogens is 478 g/mol. The van der Waals surface area contributed by atoms with Gasteiger partial charge in [-0.15, -0.1) is 0 Å². The van der Waals surface area contributed by atoms with Gasteiger partial charge in [-0.2, -0.15) is 5.26 Å². The first-order chi connectivity index (χ1) is 19.2. The molecule has 0 saturated heterocycles. The first-order valence-corrected chi connectivity index (χ1v) is 16.1. The average Bonchev–Trinajstić information content (AvgIpc) is 2.99. The summed E-state index contributed by atoms with van der Waals surface area (Å²) in [5.74, 6) is 2.22. The van der Waals surface area contributed by atoms with Gasteiger partial charge in [-0.05, 0) is 80.7 Å². The summed E-state index contributed by atoms with van der Waals surface area (Å²) in [7, 11) is 0. The number of benzene rings is 1. The molecule has 214 valence electrons. The fourth-order valence-corrected chi connectivity index (χ4v) is 5.89. The lowest BCUT2D eigenvalue weighted by Gasteiger charge is -2.35. The van der Waals surface area contributed by atoms with E-state index in [1.165, 1.54) is 89.0 Å². The number of nitrogens with zero attached hydrogens (tertiary/aromatic N) is 3. The highest BCUT2D eigenvalue weighted by Gasteiger charge is 2.35. The third-order valence-corrected chi connectivity index (χ3v) is 8.68. The SMILES string of the molecule is CCCCCCCCCc1cnc(-c2ccc(OC[C@H]3CC[C@@](C#N)(CCCCCCCC)CC3)cc2)nc1. The zero-order chi connectivity index (χ0) is 27.6. The van der Waals surface area contributed by atoms with Crippen molar-refractivity contribution in [3.63, 3.8) is 0 Å². The Labute approximate surface area is 239 Å². The van der Waals surface area contributed by atoms with Crippen molar-refractivity contribution in [1.29, 1.82) is 5.26 Å². The molecular formula is C35H53N3O. The molecule has 0 atom stereocenters. The molecule has 1 aromatic carbocycles. The van der Waals surface area contributed by atoms with E-state index in [2.05, 4.69) is 42.0 Å². The minimum absolute atomic E-state index is 0.0906. The van der Waals surface area contributed by atoms with E-state index in [9.17, 15) is 5.26 Å². The fourth-order valence-electron chi connectivity index (χ4n) is 5.89. The van der Waals surface area contributed by atoms with Crippen LogP contribution in [0.25, 0.3) is 11.4 Å². The quantitative estimate of drug-likeness (QED) is 0.169. The molecule has 4 heteroatoms. The zero-order valence-electron chi connectivity index (χ0n) is 24.9. The van der Waals surface area contributed by atoms with E-state index in [0.717, 1.165) is 62.3 Å². The van der Waals surface area contributed by atoms with Crippen molar-refractivity contribution in [2.45, 2.75) is 136 Å². The molecule has 0 N–H and O–H groups in total. The Morgan fingerprint density at radius 1 is 0.795 bits per heavy atom. The molecule has 3 rings (SSSR count). The number of hydrogen-bond acceptors (Lipinski definition) is 4. The van der Waals surface area contributed by atoms with Crippen molar-refractivity contribution < 1.29 is 4.74 Å². The van der Waals surface area contributed by atoms with Gasteiger partial charge in [0.1, 0.15) is 5.75 Å². The second kappa shape index (κ2) is 18.0. The van der Waals surface area contributed by atoms with E-state index >= 15 is 0 Å². The summed E-state index contributed by atoms with van der Waals surface area (Å²) in [6.07, 6.45) is 27.4. The molecule has 0 spiro atoms. The van der Waals surface area contributed by atoms with Gasteiger partial charge in [-0.25, -0.2) is 9.97 Å². The summed E-state index contributed by atoms with van der Waals surface area (Å²) < 4.78 is 6.16. The standard InChI is InChI=1S/C35H53N3O/c1-3-5-7-9-11-12-14-16-31-26-37-34(38-27-31)32-17-19-33(20-18-32)39-28-30-21-24-35(29-36,25-22-30)23-15-13-10-8-6-4-2/h17-20,26-27,30H,3-16,21-25,28H2,1-2H3/t30-,35-. The van der Waals surface area contributed by atoms with Crippen LogP contribution in [0.3, 0.4) is 0 Å². The maximum atomic E-state index is 9.90. The van der Waals surface area contributed by atoms with Gasteiger partial charge in [0.15, 0.2) is 5.82 Å². The minimum Gasteiger partial charge on any atom is -0.493 e. The lowest BCUT2D eigenvalue weighted by Crippen LogP contribution is -2.28. The van der Waals surface area contributed by atoms with Gasteiger partial charge in [0.2, 0.25) is 0 Å². The van der Waals surface area contributed by atoms with Crippen LogP contribution in [-0.4, -0.2) is 16.6 Å². The molecule has 1 aliphatic carbocycles. The number of rotatable bonds is 19. The summed E-state index contributed by atoms with van der Waals surface area (Å²) in [6, 6.07) is 10.9. The maximum Gasteiger partial charge on any atom is 0.159 e. The Bertz CT molecular complexity index is 939. The molecule has 0 amide bonds. The molecule has 0 bridgehead atoms. The molecule has 1 saturated carbocycles. The third-order valence-electron chi connectivity index (χ3n) is 8.68. The van der Waals surface area contributed by atoms with E-state index < -0.39 is 0 Å². The summed E-state index contributed by atoms with van der Waals surface area (Å²) in [5, 5.41) is 9.90. The fraction of sp³-hybridized carbons (Fsp3) is 0.686. The van der Waals surface area contributed by atoms with Crippen LogP contribution in [0.1, 0.15) is 135 Å². The Hall–Kier alpha value is -2.41. The highest BCUT2D eigenvalue weighted by atomic mass is 16.5. The second-order valence-corrected chi connectivity index (χ2v) is 12.0. The van der Waals surface area contributed by atoms with Gasteiger partial charge >= 0.3 is 0 Å². The predicted molar refractivity (Wildman–Crippen MR) is 163 cm³/mol. The molecule has 1 aromatic heterocycles. The van der Waals surface area contributed by atoms with Gasteiger partial charge in [0.25, 0.3) is 0 Å². The molecule has 2 aromatic rings. The largest absolute Gasteiger partial charge is 0.493 e. The van der Waals surface area contributed by atoms with Crippen molar-refractivity contribution in [3.8, 4) is 23.2 Å². The van der Waals surface area contributed by atoms with Crippen molar-refractivity contribution in [2.75, 3.05) is 6.61 Å². The van der Waals surface area contributed by atoms with Gasteiger partial charge < -0.3 is 4.74 Å². The number of unbranched alkanes of at least 4 members (excludes halogenated alkanes) is 11. The third kappa shape index (κ3) is 11.3. The Morgan fingerprint density at radius 3 is 1.95 bits per heavy atom. The van der Waals surface area contributed by atoms with Crippen molar-refractivity contribution in [2.24, 2.45) is 11.3 Å². The Kier molecular flexibility index (Phi) is 14.4. The van der Waals surface area contributed by atoms with Gasteiger partial charge in [-0.1, -0.05) is 90.9 Å². The van der Waals surface area contributed by atoms with Crippen LogP contribution in [0.15, 0.2) is 36.7 Å². The minimum atomic E-state index is -0.0906. The highest BCUT2D eigenvalue weighted by Crippen LogP contribution is 2.42. The summed E-state index contributed by atoms with van der Waals surface area (Å²) in [5.41, 5.74) is 2.16. The topological polar surface area (TPSA) is 58.8 Å². The van der Waals surface area contributed by atoms with E-state index in [1.54, 1.807) is 0 Å². The first kappa shape index (κ1) is 31.1. The lowest BCUT2D eigenvalue weighted by molar-refractivity contribution is 0.144. The van der Waals surface area contributed by atoms with E-state index in [-0.39, 0.29) is 5.41 Å².